The van der Waals surface area contributed by atoms with Gasteiger partial charge in [0, 0.05) is 10.5 Å². The van der Waals surface area contributed by atoms with Crippen LogP contribution in [0.2, 0.25) is 0 Å². The quantitative estimate of drug-likeness (QED) is 0.450. The predicted octanol–water partition coefficient (Wildman–Crippen LogP) is 4.54. The molecule has 140 valence electrons. The summed E-state index contributed by atoms with van der Waals surface area (Å²) >= 11 is 4.49. The molecule has 27 heavy (non-hydrogen) atoms. The van der Waals surface area contributed by atoms with Crippen LogP contribution in [0.25, 0.3) is 10.2 Å². The van der Waals surface area contributed by atoms with E-state index >= 15 is 0 Å². The fourth-order valence-corrected chi connectivity index (χ4v) is 4.12. The fraction of sp³-hybridized carbons (Fsp3) is 0.176. The van der Waals surface area contributed by atoms with E-state index in [-0.39, 0.29) is 11.4 Å². The highest BCUT2D eigenvalue weighted by Gasteiger charge is 2.20. The van der Waals surface area contributed by atoms with Crippen LogP contribution in [-0.2, 0) is 0 Å². The number of hydrogen-bond acceptors (Lipinski definition) is 7. The lowest BCUT2D eigenvalue weighted by molar-refractivity contribution is -0.384. The van der Waals surface area contributed by atoms with E-state index < -0.39 is 10.8 Å². The van der Waals surface area contributed by atoms with Gasteiger partial charge in [-0.3, -0.25) is 20.2 Å². The normalized spacial score (nSPS) is 10.7. The second-order valence-corrected chi connectivity index (χ2v) is 7.47. The SMILES string of the molecule is COc1c(C)cc(Br)cc1C(=O)Nc1nc2c(OC)cc([N+](=O)[O-])cc2s1. The summed E-state index contributed by atoms with van der Waals surface area (Å²) in [7, 11) is 2.90. The zero-order valence-electron chi connectivity index (χ0n) is 14.5. The van der Waals surface area contributed by atoms with Gasteiger partial charge >= 0.3 is 0 Å². The molecular weight excluding hydrogens is 438 g/mol. The number of nitro benzene ring substituents is 1. The van der Waals surface area contributed by atoms with Crippen molar-refractivity contribution in [2.24, 2.45) is 0 Å². The van der Waals surface area contributed by atoms with Crippen LogP contribution in [0.15, 0.2) is 28.7 Å². The average Bonchev–Trinajstić information content (AvgIpc) is 3.02. The van der Waals surface area contributed by atoms with Gasteiger partial charge in [0.05, 0.1) is 35.5 Å². The van der Waals surface area contributed by atoms with E-state index in [1.165, 1.54) is 26.4 Å². The van der Waals surface area contributed by atoms with Crippen molar-refractivity contribution in [3.63, 3.8) is 0 Å². The molecule has 0 saturated carbocycles. The molecule has 0 aliphatic heterocycles. The highest BCUT2D eigenvalue weighted by molar-refractivity contribution is 9.10. The number of nitro groups is 1. The summed E-state index contributed by atoms with van der Waals surface area (Å²) in [5.74, 6) is 0.334. The van der Waals surface area contributed by atoms with Gasteiger partial charge < -0.3 is 9.47 Å². The number of halogens is 1. The van der Waals surface area contributed by atoms with Crippen LogP contribution in [0.1, 0.15) is 15.9 Å². The number of benzene rings is 2. The molecule has 0 aliphatic rings. The zero-order chi connectivity index (χ0) is 19.7. The number of carbonyl (C=O) groups is 1. The Morgan fingerprint density at radius 1 is 1.26 bits per heavy atom. The Morgan fingerprint density at radius 2 is 2.00 bits per heavy atom. The van der Waals surface area contributed by atoms with Crippen molar-refractivity contribution < 1.29 is 19.2 Å². The van der Waals surface area contributed by atoms with Gasteiger partial charge in [0.15, 0.2) is 10.9 Å². The number of hydrogen-bond donors (Lipinski definition) is 1. The van der Waals surface area contributed by atoms with Crippen LogP contribution in [0.3, 0.4) is 0 Å². The molecule has 0 saturated heterocycles. The molecule has 0 bridgehead atoms. The van der Waals surface area contributed by atoms with Crippen molar-refractivity contribution in [1.82, 2.24) is 4.98 Å². The Bertz CT molecular complexity index is 1070. The fourth-order valence-electron chi connectivity index (χ4n) is 2.63. The van der Waals surface area contributed by atoms with Crippen molar-refractivity contribution in [3.05, 3.63) is 50.0 Å². The number of rotatable bonds is 5. The molecule has 8 nitrogen and oxygen atoms in total. The molecular formula is C17H14BrN3O5S. The van der Waals surface area contributed by atoms with Crippen LogP contribution in [0, 0.1) is 17.0 Å². The Kier molecular flexibility index (Phi) is 5.29. The number of aromatic nitrogens is 1. The molecule has 2 aromatic carbocycles. The van der Waals surface area contributed by atoms with Crippen LogP contribution >= 0.6 is 27.3 Å². The van der Waals surface area contributed by atoms with Crippen molar-refractivity contribution in [2.45, 2.75) is 6.92 Å². The van der Waals surface area contributed by atoms with Gasteiger partial charge in [-0.2, -0.15) is 0 Å². The Morgan fingerprint density at radius 3 is 2.63 bits per heavy atom. The van der Waals surface area contributed by atoms with Crippen LogP contribution in [0.5, 0.6) is 11.5 Å². The number of fused-ring (bicyclic) bond motifs is 1. The number of nitrogens with one attached hydrogen (secondary N) is 1. The second kappa shape index (κ2) is 7.49. The highest BCUT2D eigenvalue weighted by atomic mass is 79.9. The maximum atomic E-state index is 12.7. The molecule has 0 aliphatic carbocycles. The summed E-state index contributed by atoms with van der Waals surface area (Å²) in [5.41, 5.74) is 1.49. The monoisotopic (exact) mass is 451 g/mol. The lowest BCUT2D eigenvalue weighted by atomic mass is 10.1. The zero-order valence-corrected chi connectivity index (χ0v) is 16.9. The minimum Gasteiger partial charge on any atom is -0.496 e. The number of carbonyl (C=O) groups excluding carboxylic acids is 1. The maximum absolute atomic E-state index is 12.7. The first-order chi connectivity index (χ1) is 12.8. The number of non-ortho nitro benzene ring substituents is 1. The number of ether oxygens (including phenoxy) is 2. The maximum Gasteiger partial charge on any atom is 0.274 e. The summed E-state index contributed by atoms with van der Waals surface area (Å²) in [5, 5.41) is 14.1. The van der Waals surface area contributed by atoms with Crippen LogP contribution in [-0.4, -0.2) is 30.0 Å². The first-order valence-corrected chi connectivity index (χ1v) is 9.23. The first-order valence-electron chi connectivity index (χ1n) is 7.62. The van der Waals surface area contributed by atoms with Gasteiger partial charge in [0.2, 0.25) is 0 Å². The van der Waals surface area contributed by atoms with E-state index in [1.807, 2.05) is 13.0 Å². The molecule has 1 amide bonds. The van der Waals surface area contributed by atoms with Crippen LogP contribution in [0.4, 0.5) is 10.8 Å². The van der Waals surface area contributed by atoms with E-state index in [0.717, 1.165) is 21.4 Å². The van der Waals surface area contributed by atoms with E-state index in [4.69, 9.17) is 9.47 Å². The smallest absolute Gasteiger partial charge is 0.274 e. The topological polar surface area (TPSA) is 104 Å². The van der Waals surface area contributed by atoms with E-state index in [1.54, 1.807) is 6.07 Å². The summed E-state index contributed by atoms with van der Waals surface area (Å²) in [6.07, 6.45) is 0. The van der Waals surface area contributed by atoms with Gasteiger partial charge in [0.25, 0.3) is 11.6 Å². The van der Waals surface area contributed by atoms with E-state index in [0.29, 0.717) is 26.7 Å². The summed E-state index contributed by atoms with van der Waals surface area (Å²) in [6.45, 7) is 1.84. The molecule has 0 fully saturated rings. The first kappa shape index (κ1) is 19.1. The summed E-state index contributed by atoms with van der Waals surface area (Å²) < 4.78 is 11.8. The van der Waals surface area contributed by atoms with Crippen molar-refractivity contribution >= 4 is 54.2 Å². The molecule has 3 rings (SSSR count). The minimum atomic E-state index is -0.505. The molecule has 0 atom stereocenters. The lowest BCUT2D eigenvalue weighted by Gasteiger charge is -2.11. The van der Waals surface area contributed by atoms with Gasteiger partial charge in [-0.25, -0.2) is 4.98 Å². The molecule has 0 unspecified atom stereocenters. The second-order valence-electron chi connectivity index (χ2n) is 5.53. The van der Waals surface area contributed by atoms with Crippen molar-refractivity contribution in [3.8, 4) is 11.5 Å². The number of amides is 1. The summed E-state index contributed by atoms with van der Waals surface area (Å²) in [4.78, 5) is 27.6. The largest absolute Gasteiger partial charge is 0.496 e. The number of aryl methyl sites for hydroxylation is 1. The molecule has 0 radical (unpaired) electrons. The predicted molar refractivity (Wildman–Crippen MR) is 106 cm³/mol. The highest BCUT2D eigenvalue weighted by Crippen LogP contribution is 2.36. The van der Waals surface area contributed by atoms with Gasteiger partial charge in [-0.15, -0.1) is 0 Å². The molecule has 1 heterocycles. The van der Waals surface area contributed by atoms with E-state index in [9.17, 15) is 14.9 Å². The molecule has 0 spiro atoms. The van der Waals surface area contributed by atoms with E-state index in [2.05, 4.69) is 26.2 Å². The minimum absolute atomic E-state index is 0.106. The number of anilines is 1. The Balaban J connectivity index is 2.00. The Labute approximate surface area is 166 Å². The lowest BCUT2D eigenvalue weighted by Crippen LogP contribution is -2.13. The third-order valence-corrected chi connectivity index (χ3v) is 5.16. The third-order valence-electron chi connectivity index (χ3n) is 3.78. The average molecular weight is 452 g/mol. The van der Waals surface area contributed by atoms with Gasteiger partial charge in [0.1, 0.15) is 11.3 Å². The number of nitrogens with zero attached hydrogens (tertiary/aromatic N) is 2. The molecule has 10 heteroatoms. The Hall–Kier alpha value is -2.72. The third kappa shape index (κ3) is 3.71. The van der Waals surface area contributed by atoms with Gasteiger partial charge in [-0.1, -0.05) is 27.3 Å². The van der Waals surface area contributed by atoms with Crippen molar-refractivity contribution in [1.29, 1.82) is 0 Å². The molecule has 1 N–H and O–H groups in total. The number of thiazole rings is 1. The van der Waals surface area contributed by atoms with Gasteiger partial charge in [-0.05, 0) is 24.6 Å². The van der Waals surface area contributed by atoms with Crippen LogP contribution < -0.4 is 14.8 Å². The molecule has 3 aromatic rings. The number of methoxy groups -OCH3 is 2. The summed E-state index contributed by atoms with van der Waals surface area (Å²) in [6, 6.07) is 6.20. The van der Waals surface area contributed by atoms with Crippen molar-refractivity contribution in [2.75, 3.05) is 19.5 Å². The standard InChI is InChI=1S/C17H14BrN3O5S/c1-8-4-9(18)5-11(15(8)26-3)16(22)20-17-19-14-12(25-2)6-10(21(23)24)7-13(14)27-17/h4-7H,1-3H3,(H,19,20,22). The molecule has 1 aromatic heterocycles.